The normalized spacial score (nSPS) is 23.4. The van der Waals surface area contributed by atoms with Gasteiger partial charge in [-0.05, 0) is 19.4 Å². The van der Waals surface area contributed by atoms with Gasteiger partial charge in [-0.1, -0.05) is 34.6 Å². The van der Waals surface area contributed by atoms with Crippen LogP contribution in [-0.4, -0.2) is 97.1 Å². The third-order valence-corrected chi connectivity index (χ3v) is 6.18. The Bertz CT molecular complexity index is 491. The van der Waals surface area contributed by atoms with E-state index in [0.717, 1.165) is 71.6 Å². The lowest BCUT2D eigenvalue weighted by atomic mass is 9.80. The molecule has 3 rings (SSSR count). The minimum atomic E-state index is -0.0452. The lowest BCUT2D eigenvalue weighted by Crippen LogP contribution is -2.59. The minimum absolute atomic E-state index is 0.00826. The van der Waals surface area contributed by atoms with Gasteiger partial charge < -0.3 is 24.8 Å². The summed E-state index contributed by atoms with van der Waals surface area (Å²) in [7, 11) is 0. The van der Waals surface area contributed by atoms with E-state index in [-0.39, 0.29) is 23.5 Å². The highest BCUT2D eigenvalue weighted by Gasteiger charge is 2.47. The van der Waals surface area contributed by atoms with Gasteiger partial charge >= 0.3 is 0 Å². The number of piperazine rings is 1. The second-order valence-corrected chi connectivity index (χ2v) is 7.97. The number of likely N-dealkylation sites (N-methyl/N-ethyl adjacent to an activating group) is 1. The molecule has 176 valence electrons. The first kappa shape index (κ1) is 26.9. The van der Waals surface area contributed by atoms with E-state index in [4.69, 9.17) is 4.74 Å². The van der Waals surface area contributed by atoms with Crippen molar-refractivity contribution in [2.75, 3.05) is 58.9 Å². The second kappa shape index (κ2) is 14.0. The standard InChI is InChI=1S/C19H34N4O3.2C2H6/c1-3-21-10-12-22(13-11-21)7-4-18(25)23-8-5-19(6-9-23)14-17(26-19)15-20-16(2)24;2*1-2/h17H,3-15H2,1-2H3,(H,20,24);2*1-2H3. The molecule has 3 aliphatic heterocycles. The molecule has 1 spiro atoms. The predicted molar refractivity (Wildman–Crippen MR) is 123 cm³/mol. The number of nitrogens with zero attached hydrogens (tertiary/aromatic N) is 3. The minimum Gasteiger partial charge on any atom is -0.370 e. The van der Waals surface area contributed by atoms with Crippen molar-refractivity contribution in [3.8, 4) is 0 Å². The molecule has 3 saturated heterocycles. The summed E-state index contributed by atoms with van der Waals surface area (Å²) in [4.78, 5) is 30.4. The van der Waals surface area contributed by atoms with Crippen LogP contribution in [0.5, 0.6) is 0 Å². The number of carbonyl (C=O) groups is 2. The molecule has 30 heavy (non-hydrogen) atoms. The molecule has 3 aliphatic rings. The molecule has 1 atom stereocenters. The van der Waals surface area contributed by atoms with Gasteiger partial charge in [0, 0.05) is 72.1 Å². The molecule has 7 heteroatoms. The van der Waals surface area contributed by atoms with Gasteiger partial charge in [0.25, 0.3) is 0 Å². The van der Waals surface area contributed by atoms with Gasteiger partial charge in [-0.2, -0.15) is 0 Å². The van der Waals surface area contributed by atoms with E-state index in [2.05, 4.69) is 22.0 Å². The van der Waals surface area contributed by atoms with Crippen LogP contribution in [0.3, 0.4) is 0 Å². The van der Waals surface area contributed by atoms with Crippen LogP contribution in [0.15, 0.2) is 0 Å². The van der Waals surface area contributed by atoms with Crippen molar-refractivity contribution in [1.82, 2.24) is 20.0 Å². The zero-order chi connectivity index (χ0) is 22.6. The highest BCUT2D eigenvalue weighted by atomic mass is 16.5. The SMILES string of the molecule is CC.CC.CCN1CCN(CCC(=O)N2CCC3(CC2)CC(CNC(C)=O)O3)CC1. The quantitative estimate of drug-likeness (QED) is 0.706. The maximum atomic E-state index is 12.5. The third-order valence-electron chi connectivity index (χ3n) is 6.18. The van der Waals surface area contributed by atoms with E-state index < -0.39 is 0 Å². The van der Waals surface area contributed by atoms with E-state index in [9.17, 15) is 9.59 Å². The Labute approximate surface area is 184 Å². The molecule has 0 bridgehead atoms. The van der Waals surface area contributed by atoms with Crippen molar-refractivity contribution in [1.29, 1.82) is 0 Å². The number of hydrogen-bond acceptors (Lipinski definition) is 5. The topological polar surface area (TPSA) is 65.1 Å². The van der Waals surface area contributed by atoms with Crippen LogP contribution in [-0.2, 0) is 14.3 Å². The fourth-order valence-corrected chi connectivity index (χ4v) is 4.36. The van der Waals surface area contributed by atoms with E-state index in [1.165, 1.54) is 6.92 Å². The Morgan fingerprint density at radius 3 is 2.00 bits per heavy atom. The van der Waals surface area contributed by atoms with Crippen molar-refractivity contribution in [2.24, 2.45) is 0 Å². The maximum absolute atomic E-state index is 12.5. The smallest absolute Gasteiger partial charge is 0.223 e. The van der Waals surface area contributed by atoms with Crippen molar-refractivity contribution in [3.05, 3.63) is 0 Å². The summed E-state index contributed by atoms with van der Waals surface area (Å²) in [5.74, 6) is 0.276. The van der Waals surface area contributed by atoms with E-state index in [1.54, 1.807) is 0 Å². The number of hydrogen-bond donors (Lipinski definition) is 1. The first-order valence-corrected chi connectivity index (χ1v) is 12.1. The summed E-state index contributed by atoms with van der Waals surface area (Å²) in [6, 6.07) is 0. The Morgan fingerprint density at radius 2 is 1.50 bits per heavy atom. The van der Waals surface area contributed by atoms with Gasteiger partial charge in [0.1, 0.15) is 0 Å². The molecule has 2 amide bonds. The summed E-state index contributed by atoms with van der Waals surface area (Å²) in [6.45, 7) is 20.3. The monoisotopic (exact) mass is 426 g/mol. The van der Waals surface area contributed by atoms with Crippen molar-refractivity contribution >= 4 is 11.8 Å². The first-order chi connectivity index (χ1) is 14.5. The van der Waals surface area contributed by atoms with Crippen LogP contribution in [0, 0.1) is 0 Å². The number of piperidine rings is 1. The van der Waals surface area contributed by atoms with Crippen molar-refractivity contribution in [2.45, 2.75) is 78.9 Å². The largest absolute Gasteiger partial charge is 0.370 e. The molecule has 0 saturated carbocycles. The highest BCUT2D eigenvalue weighted by molar-refractivity contribution is 5.76. The number of rotatable bonds is 6. The van der Waals surface area contributed by atoms with Crippen LogP contribution in [0.4, 0.5) is 0 Å². The fraction of sp³-hybridized carbons (Fsp3) is 0.913. The van der Waals surface area contributed by atoms with E-state index >= 15 is 0 Å². The number of ether oxygens (including phenoxy) is 1. The molecule has 3 fully saturated rings. The average Bonchev–Trinajstić information content (AvgIpc) is 2.78. The van der Waals surface area contributed by atoms with Gasteiger partial charge in [-0.25, -0.2) is 0 Å². The van der Waals surface area contributed by atoms with E-state index in [1.807, 2.05) is 32.6 Å². The molecule has 7 nitrogen and oxygen atoms in total. The molecule has 1 unspecified atom stereocenters. The highest BCUT2D eigenvalue weighted by Crippen LogP contribution is 2.41. The van der Waals surface area contributed by atoms with Crippen molar-refractivity contribution in [3.63, 3.8) is 0 Å². The van der Waals surface area contributed by atoms with Crippen LogP contribution in [0.2, 0.25) is 0 Å². The van der Waals surface area contributed by atoms with Crippen LogP contribution in [0.1, 0.15) is 67.2 Å². The Balaban J connectivity index is 0.00000106. The van der Waals surface area contributed by atoms with Crippen LogP contribution < -0.4 is 5.32 Å². The van der Waals surface area contributed by atoms with Crippen LogP contribution in [0.25, 0.3) is 0 Å². The van der Waals surface area contributed by atoms with Gasteiger partial charge in [-0.15, -0.1) is 0 Å². The van der Waals surface area contributed by atoms with Gasteiger partial charge in [-0.3, -0.25) is 9.59 Å². The summed E-state index contributed by atoms with van der Waals surface area (Å²) in [5.41, 5.74) is -0.0452. The second-order valence-electron chi connectivity index (χ2n) is 7.97. The Kier molecular flexibility index (Phi) is 12.5. The maximum Gasteiger partial charge on any atom is 0.223 e. The lowest BCUT2D eigenvalue weighted by molar-refractivity contribution is -0.222. The Hall–Kier alpha value is -1.18. The summed E-state index contributed by atoms with van der Waals surface area (Å²) < 4.78 is 6.06. The molecule has 0 aromatic heterocycles. The number of likely N-dealkylation sites (tertiary alicyclic amines) is 1. The molecule has 0 aromatic rings. The molecular formula is C23H46N4O3. The summed E-state index contributed by atoms with van der Waals surface area (Å²) in [5, 5.41) is 2.81. The number of nitrogens with one attached hydrogen (secondary N) is 1. The molecule has 0 radical (unpaired) electrons. The summed E-state index contributed by atoms with van der Waals surface area (Å²) in [6.07, 6.45) is 3.61. The third kappa shape index (κ3) is 8.16. The molecule has 3 heterocycles. The van der Waals surface area contributed by atoms with Crippen molar-refractivity contribution < 1.29 is 14.3 Å². The molecule has 0 aromatic carbocycles. The van der Waals surface area contributed by atoms with E-state index in [0.29, 0.717) is 13.0 Å². The number of carbonyl (C=O) groups excluding carboxylic acids is 2. The molecule has 0 aliphatic carbocycles. The van der Waals surface area contributed by atoms with Gasteiger partial charge in [0.15, 0.2) is 0 Å². The van der Waals surface area contributed by atoms with Gasteiger partial charge in [0.05, 0.1) is 11.7 Å². The lowest BCUT2D eigenvalue weighted by Gasteiger charge is -2.52. The average molecular weight is 427 g/mol. The number of amides is 2. The zero-order valence-electron chi connectivity index (χ0n) is 20.3. The zero-order valence-corrected chi connectivity index (χ0v) is 20.3. The van der Waals surface area contributed by atoms with Crippen LogP contribution >= 0.6 is 0 Å². The summed E-state index contributed by atoms with van der Waals surface area (Å²) >= 11 is 0. The molecular weight excluding hydrogens is 380 g/mol. The fourth-order valence-electron chi connectivity index (χ4n) is 4.36. The molecule has 1 N–H and O–H groups in total. The van der Waals surface area contributed by atoms with Gasteiger partial charge in [0.2, 0.25) is 11.8 Å². The Morgan fingerprint density at radius 1 is 0.967 bits per heavy atom. The predicted octanol–water partition coefficient (Wildman–Crippen LogP) is 2.35. The first-order valence-electron chi connectivity index (χ1n) is 12.1.